The van der Waals surface area contributed by atoms with E-state index in [-0.39, 0.29) is 24.8 Å². The molecular weight excluding hydrogens is 423 g/mol. The van der Waals surface area contributed by atoms with Gasteiger partial charge in [0, 0.05) is 24.5 Å². The van der Waals surface area contributed by atoms with Crippen molar-refractivity contribution in [3.05, 3.63) is 59.7 Å². The number of hydrogen-bond acceptors (Lipinski definition) is 7. The van der Waals surface area contributed by atoms with Crippen LogP contribution in [0.25, 0.3) is 0 Å². The molecule has 0 radical (unpaired) electrons. The van der Waals surface area contributed by atoms with E-state index in [0.29, 0.717) is 31.1 Å². The highest BCUT2D eigenvalue weighted by atomic mass is 35.5. The molecule has 7 nitrogen and oxygen atoms in total. The average molecular weight is 449 g/mol. The molecule has 0 amide bonds. The third kappa shape index (κ3) is 6.19. The Labute approximate surface area is 189 Å². The van der Waals surface area contributed by atoms with Crippen molar-refractivity contribution in [1.82, 2.24) is 15.0 Å². The number of benzene rings is 2. The molecule has 0 bridgehead atoms. The van der Waals surface area contributed by atoms with Gasteiger partial charge < -0.3 is 20.3 Å². The molecule has 30 heavy (non-hydrogen) atoms. The van der Waals surface area contributed by atoms with Crippen LogP contribution in [0.3, 0.4) is 0 Å². The van der Waals surface area contributed by atoms with Crippen LogP contribution in [-0.4, -0.2) is 41.3 Å². The first-order valence-corrected chi connectivity index (χ1v) is 9.42. The highest BCUT2D eigenvalue weighted by molar-refractivity contribution is 5.85. The first-order chi connectivity index (χ1) is 13.7. The van der Waals surface area contributed by atoms with Crippen LogP contribution in [0.1, 0.15) is 11.1 Å². The Morgan fingerprint density at radius 3 is 1.73 bits per heavy atom. The minimum atomic E-state index is 0. The van der Waals surface area contributed by atoms with Crippen LogP contribution in [-0.2, 0) is 4.74 Å². The molecule has 1 aliphatic rings. The summed E-state index contributed by atoms with van der Waals surface area (Å²) in [7, 11) is 0. The van der Waals surface area contributed by atoms with E-state index in [2.05, 4.69) is 68.6 Å². The van der Waals surface area contributed by atoms with E-state index in [1.165, 1.54) is 11.1 Å². The van der Waals surface area contributed by atoms with Crippen LogP contribution < -0.4 is 15.5 Å². The van der Waals surface area contributed by atoms with Crippen molar-refractivity contribution in [3.63, 3.8) is 0 Å². The van der Waals surface area contributed by atoms with Crippen molar-refractivity contribution in [2.45, 2.75) is 13.8 Å². The molecule has 0 unspecified atom stereocenters. The van der Waals surface area contributed by atoms with Crippen molar-refractivity contribution >= 4 is 54.0 Å². The number of aromatic nitrogens is 3. The molecule has 160 valence electrons. The predicted molar refractivity (Wildman–Crippen MR) is 126 cm³/mol. The largest absolute Gasteiger partial charge is 0.378 e. The number of ether oxygens (including phenoxy) is 1. The Hall–Kier alpha value is -2.61. The Morgan fingerprint density at radius 1 is 0.767 bits per heavy atom. The van der Waals surface area contributed by atoms with Gasteiger partial charge >= 0.3 is 0 Å². The van der Waals surface area contributed by atoms with Gasteiger partial charge in [0.2, 0.25) is 17.8 Å². The minimum Gasteiger partial charge on any atom is -0.378 e. The summed E-state index contributed by atoms with van der Waals surface area (Å²) in [6.07, 6.45) is 0. The van der Waals surface area contributed by atoms with Gasteiger partial charge in [-0.05, 0) is 49.2 Å². The van der Waals surface area contributed by atoms with Gasteiger partial charge in [-0.2, -0.15) is 15.0 Å². The fraction of sp³-hybridized carbons (Fsp3) is 0.286. The maximum absolute atomic E-state index is 5.46. The summed E-state index contributed by atoms with van der Waals surface area (Å²) in [6, 6.07) is 16.3. The van der Waals surface area contributed by atoms with E-state index in [9.17, 15) is 0 Å². The SMILES string of the molecule is Cc1cccc(Nc2nc(Nc3cccc(C)c3)nc(N3CCOCC3)n2)c1.Cl.Cl. The third-order valence-electron chi connectivity index (χ3n) is 4.47. The lowest BCUT2D eigenvalue weighted by Crippen LogP contribution is -2.37. The number of halogens is 2. The molecule has 2 N–H and O–H groups in total. The number of aryl methyl sites for hydroxylation is 2. The van der Waals surface area contributed by atoms with Gasteiger partial charge in [0.15, 0.2) is 0 Å². The molecule has 2 heterocycles. The third-order valence-corrected chi connectivity index (χ3v) is 4.47. The second-order valence-electron chi connectivity index (χ2n) is 6.87. The second-order valence-corrected chi connectivity index (χ2v) is 6.87. The van der Waals surface area contributed by atoms with Gasteiger partial charge in [-0.15, -0.1) is 24.8 Å². The Morgan fingerprint density at radius 2 is 1.27 bits per heavy atom. The maximum Gasteiger partial charge on any atom is 0.233 e. The van der Waals surface area contributed by atoms with Crippen LogP contribution >= 0.6 is 24.8 Å². The van der Waals surface area contributed by atoms with Gasteiger partial charge in [0.05, 0.1) is 13.2 Å². The molecule has 0 atom stereocenters. The molecule has 1 fully saturated rings. The van der Waals surface area contributed by atoms with E-state index >= 15 is 0 Å². The molecule has 0 aliphatic carbocycles. The van der Waals surface area contributed by atoms with E-state index in [1.54, 1.807) is 0 Å². The number of morpholine rings is 1. The first kappa shape index (κ1) is 23.7. The van der Waals surface area contributed by atoms with Crippen molar-refractivity contribution in [1.29, 1.82) is 0 Å². The van der Waals surface area contributed by atoms with Crippen LogP contribution in [0.2, 0.25) is 0 Å². The smallest absolute Gasteiger partial charge is 0.233 e. The molecule has 4 rings (SSSR count). The van der Waals surface area contributed by atoms with Gasteiger partial charge in [-0.1, -0.05) is 24.3 Å². The van der Waals surface area contributed by atoms with Crippen molar-refractivity contribution < 1.29 is 4.74 Å². The quantitative estimate of drug-likeness (QED) is 0.587. The second kappa shape index (κ2) is 11.0. The fourth-order valence-electron chi connectivity index (χ4n) is 3.09. The summed E-state index contributed by atoms with van der Waals surface area (Å²) in [5.41, 5.74) is 4.23. The molecule has 9 heteroatoms. The predicted octanol–water partition coefficient (Wildman–Crippen LogP) is 4.66. The molecule has 1 saturated heterocycles. The van der Waals surface area contributed by atoms with E-state index in [0.717, 1.165) is 24.5 Å². The normalized spacial score (nSPS) is 13.1. The van der Waals surface area contributed by atoms with E-state index < -0.39 is 0 Å². The van der Waals surface area contributed by atoms with Gasteiger partial charge in [0.25, 0.3) is 0 Å². The maximum atomic E-state index is 5.46. The Bertz CT molecular complexity index is 900. The molecule has 3 aromatic rings. The Balaban J connectivity index is 0.00000160. The van der Waals surface area contributed by atoms with Crippen LogP contribution in [0, 0.1) is 13.8 Å². The monoisotopic (exact) mass is 448 g/mol. The molecule has 1 aliphatic heterocycles. The van der Waals surface area contributed by atoms with Crippen LogP contribution in [0.4, 0.5) is 29.2 Å². The Kier molecular flexibility index (Phi) is 8.65. The highest BCUT2D eigenvalue weighted by Crippen LogP contribution is 2.21. The summed E-state index contributed by atoms with van der Waals surface area (Å²) < 4.78 is 5.46. The van der Waals surface area contributed by atoms with Crippen molar-refractivity contribution in [3.8, 4) is 0 Å². The van der Waals surface area contributed by atoms with Crippen LogP contribution in [0.5, 0.6) is 0 Å². The molecule has 0 saturated carbocycles. The number of hydrogen-bond donors (Lipinski definition) is 2. The van der Waals surface area contributed by atoms with Crippen LogP contribution in [0.15, 0.2) is 48.5 Å². The van der Waals surface area contributed by atoms with Gasteiger partial charge in [-0.25, -0.2) is 0 Å². The first-order valence-electron chi connectivity index (χ1n) is 9.42. The molecule has 2 aromatic carbocycles. The minimum absolute atomic E-state index is 0. The topological polar surface area (TPSA) is 75.2 Å². The molecule has 0 spiro atoms. The van der Waals surface area contributed by atoms with Gasteiger partial charge in [-0.3, -0.25) is 0 Å². The van der Waals surface area contributed by atoms with E-state index in [4.69, 9.17) is 4.74 Å². The summed E-state index contributed by atoms with van der Waals surface area (Å²) in [5.74, 6) is 1.66. The lowest BCUT2D eigenvalue weighted by Gasteiger charge is -2.27. The lowest BCUT2D eigenvalue weighted by molar-refractivity contribution is 0.122. The molecular formula is C21H26Cl2N6O. The number of rotatable bonds is 5. The standard InChI is InChI=1S/C21H24N6O.2ClH/c1-15-5-3-7-17(13-15)22-19-24-20(23-18-8-4-6-16(2)14-18)26-21(25-19)27-9-11-28-12-10-27;;/h3-8,13-14H,9-12H2,1-2H3,(H2,22,23,24,25,26);2*1H. The number of nitrogens with zero attached hydrogens (tertiary/aromatic N) is 4. The zero-order valence-electron chi connectivity index (χ0n) is 17.0. The highest BCUT2D eigenvalue weighted by Gasteiger charge is 2.17. The number of nitrogens with one attached hydrogen (secondary N) is 2. The van der Waals surface area contributed by atoms with Crippen molar-refractivity contribution in [2.75, 3.05) is 41.8 Å². The zero-order valence-corrected chi connectivity index (χ0v) is 18.6. The van der Waals surface area contributed by atoms with Crippen molar-refractivity contribution in [2.24, 2.45) is 0 Å². The summed E-state index contributed by atoms with van der Waals surface area (Å²) >= 11 is 0. The number of anilines is 5. The van der Waals surface area contributed by atoms with Gasteiger partial charge in [0.1, 0.15) is 0 Å². The molecule has 1 aromatic heterocycles. The average Bonchev–Trinajstić information content (AvgIpc) is 2.68. The summed E-state index contributed by atoms with van der Waals surface area (Å²) in [4.78, 5) is 16.0. The zero-order chi connectivity index (χ0) is 19.3. The summed E-state index contributed by atoms with van der Waals surface area (Å²) in [6.45, 7) is 6.99. The lowest BCUT2D eigenvalue weighted by atomic mass is 10.2. The fourth-order valence-corrected chi connectivity index (χ4v) is 3.09. The summed E-state index contributed by atoms with van der Waals surface area (Å²) in [5, 5.41) is 6.60. The van der Waals surface area contributed by atoms with E-state index in [1.807, 2.05) is 24.3 Å².